The average Bonchev–Trinajstić information content (AvgIpc) is 2.38. The van der Waals surface area contributed by atoms with E-state index in [1.807, 2.05) is 25.3 Å². The Balaban J connectivity index is 2.13. The molecule has 0 aliphatic carbocycles. The normalized spacial score (nSPS) is 12.4. The fourth-order valence-electron chi connectivity index (χ4n) is 2.06. The van der Waals surface area contributed by atoms with Gasteiger partial charge in [-0.25, -0.2) is 4.39 Å². The van der Waals surface area contributed by atoms with Gasteiger partial charge in [0, 0.05) is 18.3 Å². The second kappa shape index (κ2) is 5.93. The molecule has 0 radical (unpaired) electrons. The van der Waals surface area contributed by atoms with Crippen LogP contribution in [0.3, 0.4) is 0 Å². The van der Waals surface area contributed by atoms with E-state index in [4.69, 9.17) is 0 Å². The Morgan fingerprint density at radius 2 is 2.05 bits per heavy atom. The molecule has 1 heterocycles. The van der Waals surface area contributed by atoms with Gasteiger partial charge >= 0.3 is 0 Å². The second-order valence-corrected chi connectivity index (χ2v) is 4.79. The quantitative estimate of drug-likeness (QED) is 0.913. The number of aliphatic hydroxyl groups is 1. The molecule has 0 saturated carbocycles. The average molecular weight is 259 g/mol. The topological polar surface area (TPSA) is 33.1 Å². The number of nitrogens with zero attached hydrogens (tertiary/aromatic N) is 1. The van der Waals surface area contributed by atoms with Gasteiger partial charge in [-0.3, -0.25) is 4.98 Å². The molecule has 0 aliphatic heterocycles. The Hall–Kier alpha value is -1.74. The summed E-state index contributed by atoms with van der Waals surface area (Å²) in [7, 11) is 0. The van der Waals surface area contributed by atoms with Crippen molar-refractivity contribution in [2.45, 2.75) is 32.8 Å². The highest BCUT2D eigenvalue weighted by atomic mass is 19.1. The molecule has 100 valence electrons. The second-order valence-electron chi connectivity index (χ2n) is 4.79. The van der Waals surface area contributed by atoms with Crippen LogP contribution >= 0.6 is 0 Å². The first kappa shape index (κ1) is 13.7. The first-order valence-corrected chi connectivity index (χ1v) is 6.47. The standard InChI is InChI=1S/C16H18FNO/c1-3-12-4-5-15(18-10-12)9-16(19)13-6-11(2)7-14(17)8-13/h4-8,10,16,19H,3,9H2,1-2H3. The van der Waals surface area contributed by atoms with E-state index in [1.165, 1.54) is 17.7 Å². The van der Waals surface area contributed by atoms with E-state index < -0.39 is 6.10 Å². The van der Waals surface area contributed by atoms with Gasteiger partial charge in [-0.05, 0) is 48.2 Å². The van der Waals surface area contributed by atoms with Gasteiger partial charge in [0.15, 0.2) is 0 Å². The van der Waals surface area contributed by atoms with Crippen LogP contribution in [-0.4, -0.2) is 10.1 Å². The Labute approximate surface area is 112 Å². The molecule has 2 aromatic rings. The number of benzene rings is 1. The van der Waals surface area contributed by atoms with Gasteiger partial charge in [0.25, 0.3) is 0 Å². The number of aromatic nitrogens is 1. The van der Waals surface area contributed by atoms with Gasteiger partial charge in [-0.2, -0.15) is 0 Å². The maximum atomic E-state index is 13.3. The number of aliphatic hydroxyl groups excluding tert-OH is 1. The number of hydrogen-bond donors (Lipinski definition) is 1. The van der Waals surface area contributed by atoms with Crippen LogP contribution in [0.5, 0.6) is 0 Å². The fourth-order valence-corrected chi connectivity index (χ4v) is 2.06. The van der Waals surface area contributed by atoms with Crippen LogP contribution in [0.15, 0.2) is 36.5 Å². The molecule has 1 atom stereocenters. The Morgan fingerprint density at radius 3 is 2.63 bits per heavy atom. The first-order valence-electron chi connectivity index (χ1n) is 6.47. The van der Waals surface area contributed by atoms with Crippen LogP contribution in [0, 0.1) is 12.7 Å². The molecule has 2 nitrogen and oxygen atoms in total. The van der Waals surface area contributed by atoms with Gasteiger partial charge in [0.05, 0.1) is 6.10 Å². The van der Waals surface area contributed by atoms with E-state index in [9.17, 15) is 9.50 Å². The van der Waals surface area contributed by atoms with Gasteiger partial charge in [0.2, 0.25) is 0 Å². The maximum Gasteiger partial charge on any atom is 0.123 e. The summed E-state index contributed by atoms with van der Waals surface area (Å²) in [4.78, 5) is 4.31. The summed E-state index contributed by atoms with van der Waals surface area (Å²) in [6.07, 6.45) is 2.43. The highest BCUT2D eigenvalue weighted by Gasteiger charge is 2.11. The van der Waals surface area contributed by atoms with Crippen LogP contribution in [0.1, 0.15) is 35.4 Å². The Morgan fingerprint density at radius 1 is 1.26 bits per heavy atom. The van der Waals surface area contributed by atoms with E-state index in [1.54, 1.807) is 6.07 Å². The lowest BCUT2D eigenvalue weighted by molar-refractivity contribution is 0.176. The molecule has 0 amide bonds. The SMILES string of the molecule is CCc1ccc(CC(O)c2cc(C)cc(F)c2)nc1. The van der Waals surface area contributed by atoms with Crippen molar-refractivity contribution in [1.29, 1.82) is 0 Å². The third-order valence-electron chi connectivity index (χ3n) is 3.15. The molecule has 0 saturated heterocycles. The molecular formula is C16H18FNO. The van der Waals surface area contributed by atoms with Crippen molar-refractivity contribution in [2.75, 3.05) is 0 Å². The largest absolute Gasteiger partial charge is 0.388 e. The van der Waals surface area contributed by atoms with Crippen molar-refractivity contribution < 1.29 is 9.50 Å². The number of halogens is 1. The number of rotatable bonds is 4. The number of hydrogen-bond acceptors (Lipinski definition) is 2. The van der Waals surface area contributed by atoms with E-state index in [-0.39, 0.29) is 5.82 Å². The summed E-state index contributed by atoms with van der Waals surface area (Å²) in [6, 6.07) is 8.54. The van der Waals surface area contributed by atoms with Crippen LogP contribution < -0.4 is 0 Å². The number of aryl methyl sites for hydroxylation is 2. The van der Waals surface area contributed by atoms with Crippen molar-refractivity contribution in [3.8, 4) is 0 Å². The summed E-state index contributed by atoms with van der Waals surface area (Å²) in [5.41, 5.74) is 3.38. The predicted octanol–water partition coefficient (Wildman–Crippen LogP) is 3.37. The van der Waals surface area contributed by atoms with Crippen molar-refractivity contribution in [3.63, 3.8) is 0 Å². The fraction of sp³-hybridized carbons (Fsp3) is 0.312. The van der Waals surface area contributed by atoms with Crippen LogP contribution in [-0.2, 0) is 12.8 Å². The lowest BCUT2D eigenvalue weighted by atomic mass is 10.0. The van der Waals surface area contributed by atoms with Gasteiger partial charge in [-0.15, -0.1) is 0 Å². The molecule has 19 heavy (non-hydrogen) atoms. The summed E-state index contributed by atoms with van der Waals surface area (Å²) in [6.45, 7) is 3.88. The molecule has 0 aliphatic rings. The minimum Gasteiger partial charge on any atom is -0.388 e. The maximum absolute atomic E-state index is 13.3. The van der Waals surface area contributed by atoms with Crippen LogP contribution in [0.2, 0.25) is 0 Å². The molecule has 3 heteroatoms. The zero-order valence-corrected chi connectivity index (χ0v) is 11.2. The van der Waals surface area contributed by atoms with Crippen molar-refractivity contribution in [1.82, 2.24) is 4.98 Å². The first-order chi connectivity index (χ1) is 9.08. The lowest BCUT2D eigenvalue weighted by Crippen LogP contribution is -2.04. The van der Waals surface area contributed by atoms with Gasteiger partial charge < -0.3 is 5.11 Å². The molecule has 0 spiro atoms. The van der Waals surface area contributed by atoms with E-state index in [2.05, 4.69) is 11.9 Å². The van der Waals surface area contributed by atoms with Crippen molar-refractivity contribution >= 4 is 0 Å². The minimum atomic E-state index is -0.727. The molecular weight excluding hydrogens is 241 g/mol. The van der Waals surface area contributed by atoms with E-state index in [0.717, 1.165) is 17.7 Å². The summed E-state index contributed by atoms with van der Waals surface area (Å²) in [5.74, 6) is -0.316. The molecule has 0 bridgehead atoms. The zero-order valence-electron chi connectivity index (χ0n) is 11.2. The molecule has 1 N–H and O–H groups in total. The third kappa shape index (κ3) is 3.61. The van der Waals surface area contributed by atoms with Crippen molar-refractivity contribution in [3.05, 3.63) is 64.7 Å². The van der Waals surface area contributed by atoms with E-state index >= 15 is 0 Å². The Bertz CT molecular complexity index is 531. The number of pyridine rings is 1. The van der Waals surface area contributed by atoms with Gasteiger partial charge in [-0.1, -0.05) is 19.1 Å². The monoisotopic (exact) mass is 259 g/mol. The molecule has 1 aromatic carbocycles. The zero-order chi connectivity index (χ0) is 13.8. The molecule has 1 aromatic heterocycles. The third-order valence-corrected chi connectivity index (χ3v) is 3.15. The predicted molar refractivity (Wildman–Crippen MR) is 73.4 cm³/mol. The lowest BCUT2D eigenvalue weighted by Gasteiger charge is -2.12. The molecule has 0 fully saturated rings. The van der Waals surface area contributed by atoms with Crippen LogP contribution in [0.25, 0.3) is 0 Å². The van der Waals surface area contributed by atoms with Crippen LogP contribution in [0.4, 0.5) is 4.39 Å². The smallest absolute Gasteiger partial charge is 0.123 e. The van der Waals surface area contributed by atoms with Gasteiger partial charge in [0.1, 0.15) is 5.82 Å². The molecule has 1 unspecified atom stereocenters. The summed E-state index contributed by atoms with van der Waals surface area (Å²) >= 11 is 0. The highest BCUT2D eigenvalue weighted by molar-refractivity contribution is 5.26. The van der Waals surface area contributed by atoms with E-state index in [0.29, 0.717) is 12.0 Å². The minimum absolute atomic E-state index is 0.316. The molecule has 2 rings (SSSR count). The van der Waals surface area contributed by atoms with Crippen molar-refractivity contribution in [2.24, 2.45) is 0 Å². The summed E-state index contributed by atoms with van der Waals surface area (Å²) in [5, 5.41) is 10.1. The summed E-state index contributed by atoms with van der Waals surface area (Å²) < 4.78 is 13.3. The Kier molecular flexibility index (Phi) is 4.27. The highest BCUT2D eigenvalue weighted by Crippen LogP contribution is 2.20.